The van der Waals surface area contributed by atoms with E-state index < -0.39 is 0 Å². The van der Waals surface area contributed by atoms with Gasteiger partial charge in [-0.25, -0.2) is 0 Å². The van der Waals surface area contributed by atoms with Crippen LogP contribution in [0, 0.1) is 11.3 Å². The summed E-state index contributed by atoms with van der Waals surface area (Å²) in [7, 11) is 0. The molecular weight excluding hydrogens is 304 g/mol. The van der Waals surface area contributed by atoms with Gasteiger partial charge in [0.15, 0.2) is 0 Å². The highest BCUT2D eigenvalue weighted by atomic mass is 16.3. The normalized spacial score (nSPS) is 23.4. The van der Waals surface area contributed by atoms with Gasteiger partial charge in [0.05, 0.1) is 5.92 Å². The van der Waals surface area contributed by atoms with Crippen molar-refractivity contribution in [3.63, 3.8) is 0 Å². The van der Waals surface area contributed by atoms with Crippen molar-refractivity contribution in [3.05, 3.63) is 0 Å². The zero-order chi connectivity index (χ0) is 17.6. The summed E-state index contributed by atoms with van der Waals surface area (Å²) in [5, 5.41) is 12.2. The summed E-state index contributed by atoms with van der Waals surface area (Å²) < 4.78 is 0. The maximum Gasteiger partial charge on any atom is 0.225 e. The van der Waals surface area contributed by atoms with E-state index in [1.807, 2.05) is 18.7 Å². The first-order valence-corrected chi connectivity index (χ1v) is 9.61. The van der Waals surface area contributed by atoms with Crippen LogP contribution in [0.1, 0.15) is 71.6 Å². The highest BCUT2D eigenvalue weighted by Gasteiger charge is 2.37. The molecule has 1 saturated heterocycles. The van der Waals surface area contributed by atoms with Crippen molar-refractivity contribution >= 4 is 11.8 Å². The molecule has 0 bridgehead atoms. The number of carbonyl (C=O) groups excluding carboxylic acids is 2. The van der Waals surface area contributed by atoms with Crippen LogP contribution in [0.3, 0.4) is 0 Å². The molecule has 0 aromatic rings. The predicted octanol–water partition coefficient (Wildman–Crippen LogP) is 2.47. The van der Waals surface area contributed by atoms with Crippen LogP contribution >= 0.6 is 0 Å². The van der Waals surface area contributed by atoms with Gasteiger partial charge in [0, 0.05) is 32.2 Å². The maximum absolute atomic E-state index is 12.3. The van der Waals surface area contributed by atoms with Crippen molar-refractivity contribution in [2.45, 2.75) is 77.7 Å². The Kier molecular flexibility index (Phi) is 7.08. The van der Waals surface area contributed by atoms with Crippen LogP contribution in [0.4, 0.5) is 0 Å². The Balaban J connectivity index is 1.74. The molecule has 1 heterocycles. The maximum atomic E-state index is 12.3. The van der Waals surface area contributed by atoms with E-state index in [1.165, 1.54) is 25.7 Å². The third kappa shape index (κ3) is 5.47. The molecule has 0 spiro atoms. The number of aliphatic hydroxyl groups excluding tert-OH is 1. The number of aliphatic hydroxyl groups is 1. The standard InChI is InChI=1S/C19H34N2O3/c1-19(2,14-22)10-7-11-20-18(24)15-12-17(23)21(13-15)16-8-5-3-4-6-9-16/h15-16,22H,3-14H2,1-2H3,(H,20,24). The number of nitrogens with one attached hydrogen (secondary N) is 1. The van der Waals surface area contributed by atoms with Crippen LogP contribution in [0.15, 0.2) is 0 Å². The number of hydrogen-bond acceptors (Lipinski definition) is 3. The van der Waals surface area contributed by atoms with E-state index in [-0.39, 0.29) is 29.8 Å². The van der Waals surface area contributed by atoms with Gasteiger partial charge in [-0.15, -0.1) is 0 Å². The molecule has 2 aliphatic rings. The summed E-state index contributed by atoms with van der Waals surface area (Å²) in [6.07, 6.45) is 9.22. The highest BCUT2D eigenvalue weighted by molar-refractivity contribution is 5.89. The number of hydrogen-bond donors (Lipinski definition) is 2. The molecule has 0 aromatic carbocycles. The first kappa shape index (κ1) is 19.2. The van der Waals surface area contributed by atoms with E-state index in [0.29, 0.717) is 25.6 Å². The Bertz CT molecular complexity index is 428. The van der Waals surface area contributed by atoms with E-state index in [0.717, 1.165) is 25.7 Å². The molecule has 1 saturated carbocycles. The van der Waals surface area contributed by atoms with Crippen LogP contribution in [0.2, 0.25) is 0 Å². The Morgan fingerprint density at radius 3 is 2.54 bits per heavy atom. The molecule has 1 aliphatic carbocycles. The molecule has 138 valence electrons. The second-order valence-electron chi connectivity index (χ2n) is 8.31. The van der Waals surface area contributed by atoms with Gasteiger partial charge < -0.3 is 15.3 Å². The van der Waals surface area contributed by atoms with Crippen molar-refractivity contribution in [1.29, 1.82) is 0 Å². The molecule has 5 heteroatoms. The Hall–Kier alpha value is -1.10. The monoisotopic (exact) mass is 338 g/mol. The molecule has 2 N–H and O–H groups in total. The molecule has 2 fully saturated rings. The minimum absolute atomic E-state index is 0.0151. The van der Waals surface area contributed by atoms with Crippen LogP contribution in [-0.2, 0) is 9.59 Å². The number of amides is 2. The SMILES string of the molecule is CC(C)(CO)CCCNC(=O)C1CC(=O)N(C2CCCCCC2)C1. The molecule has 2 amide bonds. The van der Waals surface area contributed by atoms with Crippen LogP contribution in [-0.4, -0.2) is 47.6 Å². The van der Waals surface area contributed by atoms with E-state index in [1.54, 1.807) is 0 Å². The van der Waals surface area contributed by atoms with Crippen LogP contribution < -0.4 is 5.32 Å². The highest BCUT2D eigenvalue weighted by Crippen LogP contribution is 2.28. The van der Waals surface area contributed by atoms with Crippen molar-refractivity contribution in [2.75, 3.05) is 19.7 Å². The van der Waals surface area contributed by atoms with Gasteiger partial charge in [-0.05, 0) is 31.1 Å². The number of rotatable bonds is 7. The van der Waals surface area contributed by atoms with Crippen molar-refractivity contribution in [2.24, 2.45) is 11.3 Å². The number of likely N-dealkylation sites (tertiary alicyclic amines) is 1. The van der Waals surface area contributed by atoms with Gasteiger partial charge in [0.25, 0.3) is 0 Å². The summed E-state index contributed by atoms with van der Waals surface area (Å²) in [6.45, 7) is 5.42. The molecule has 5 nitrogen and oxygen atoms in total. The Morgan fingerprint density at radius 1 is 1.25 bits per heavy atom. The van der Waals surface area contributed by atoms with Crippen molar-refractivity contribution in [3.8, 4) is 0 Å². The third-order valence-corrected chi connectivity index (χ3v) is 5.55. The molecular formula is C19H34N2O3. The lowest BCUT2D eigenvalue weighted by atomic mass is 9.89. The average molecular weight is 338 g/mol. The second-order valence-corrected chi connectivity index (χ2v) is 8.31. The fourth-order valence-corrected chi connectivity index (χ4v) is 3.83. The average Bonchev–Trinajstić information content (AvgIpc) is 2.76. The van der Waals surface area contributed by atoms with Gasteiger partial charge in [-0.1, -0.05) is 39.5 Å². The Morgan fingerprint density at radius 2 is 1.92 bits per heavy atom. The van der Waals surface area contributed by atoms with E-state index >= 15 is 0 Å². The minimum Gasteiger partial charge on any atom is -0.396 e. The third-order valence-electron chi connectivity index (χ3n) is 5.55. The minimum atomic E-state index is -0.188. The summed E-state index contributed by atoms with van der Waals surface area (Å²) >= 11 is 0. The Labute approximate surface area is 146 Å². The van der Waals surface area contributed by atoms with Gasteiger partial charge in [0.1, 0.15) is 0 Å². The van der Waals surface area contributed by atoms with Gasteiger partial charge in [-0.3, -0.25) is 9.59 Å². The molecule has 0 aromatic heterocycles. The molecule has 1 aliphatic heterocycles. The summed E-state index contributed by atoms with van der Waals surface area (Å²) in [5.41, 5.74) is -0.0929. The lowest BCUT2D eigenvalue weighted by Crippen LogP contribution is -2.38. The van der Waals surface area contributed by atoms with E-state index in [4.69, 9.17) is 0 Å². The molecule has 0 radical (unpaired) electrons. The first-order valence-electron chi connectivity index (χ1n) is 9.61. The zero-order valence-corrected chi connectivity index (χ0v) is 15.4. The molecule has 24 heavy (non-hydrogen) atoms. The quantitative estimate of drug-likeness (QED) is 0.553. The summed E-state index contributed by atoms with van der Waals surface area (Å²) in [5.74, 6) is -0.0173. The second kappa shape index (κ2) is 8.84. The fraction of sp³-hybridized carbons (Fsp3) is 0.895. The van der Waals surface area contributed by atoms with E-state index in [2.05, 4.69) is 5.32 Å². The number of carbonyl (C=O) groups is 2. The van der Waals surface area contributed by atoms with E-state index in [9.17, 15) is 14.7 Å². The smallest absolute Gasteiger partial charge is 0.225 e. The lowest BCUT2D eigenvalue weighted by molar-refractivity contribution is -0.130. The zero-order valence-electron chi connectivity index (χ0n) is 15.4. The summed E-state index contributed by atoms with van der Waals surface area (Å²) in [6, 6.07) is 0.350. The topological polar surface area (TPSA) is 69.6 Å². The number of nitrogens with zero attached hydrogens (tertiary/aromatic N) is 1. The van der Waals surface area contributed by atoms with Gasteiger partial charge >= 0.3 is 0 Å². The lowest BCUT2D eigenvalue weighted by Gasteiger charge is -2.27. The van der Waals surface area contributed by atoms with Crippen molar-refractivity contribution < 1.29 is 14.7 Å². The van der Waals surface area contributed by atoms with Crippen LogP contribution in [0.5, 0.6) is 0 Å². The fourth-order valence-electron chi connectivity index (χ4n) is 3.83. The van der Waals surface area contributed by atoms with Gasteiger partial charge in [-0.2, -0.15) is 0 Å². The predicted molar refractivity (Wildman–Crippen MR) is 94.4 cm³/mol. The van der Waals surface area contributed by atoms with Crippen LogP contribution in [0.25, 0.3) is 0 Å². The van der Waals surface area contributed by atoms with Gasteiger partial charge in [0.2, 0.25) is 11.8 Å². The van der Waals surface area contributed by atoms with Crippen molar-refractivity contribution in [1.82, 2.24) is 10.2 Å². The molecule has 1 unspecified atom stereocenters. The molecule has 2 rings (SSSR count). The first-order chi connectivity index (χ1) is 11.4. The summed E-state index contributed by atoms with van der Waals surface area (Å²) in [4.78, 5) is 26.6. The largest absolute Gasteiger partial charge is 0.396 e. The molecule has 1 atom stereocenters.